The van der Waals surface area contributed by atoms with Crippen molar-refractivity contribution in [3.05, 3.63) is 60.1 Å². The molecule has 3 aromatic rings. The molecule has 0 spiro atoms. The Morgan fingerprint density at radius 2 is 1.96 bits per heavy atom. The fourth-order valence-corrected chi connectivity index (χ4v) is 4.87. The lowest BCUT2D eigenvalue weighted by atomic mass is 9.94. The largest absolute Gasteiger partial charge is 0.292 e. The van der Waals surface area contributed by atoms with Crippen LogP contribution < -0.4 is 11.0 Å². The molecule has 0 saturated carbocycles. The van der Waals surface area contributed by atoms with Crippen LogP contribution in [-0.2, 0) is 6.42 Å². The molecule has 26 heavy (non-hydrogen) atoms. The van der Waals surface area contributed by atoms with Crippen LogP contribution in [0.5, 0.6) is 0 Å². The molecule has 4 rings (SSSR count). The average Bonchev–Trinajstić information content (AvgIpc) is 2.95. The number of amides is 1. The number of hydrazone groups is 1. The maximum absolute atomic E-state index is 12.6. The van der Waals surface area contributed by atoms with E-state index >= 15 is 0 Å². The van der Waals surface area contributed by atoms with E-state index in [0.717, 1.165) is 24.0 Å². The molecule has 2 N–H and O–H groups in total. The highest BCUT2D eigenvalue weighted by Gasteiger charge is 2.24. The molecular formula is C17H12Cl2N4O2S. The molecule has 0 aliphatic heterocycles. The van der Waals surface area contributed by atoms with Crippen molar-refractivity contribution in [2.75, 3.05) is 0 Å². The van der Waals surface area contributed by atoms with Gasteiger partial charge in [0, 0.05) is 10.9 Å². The number of benzene rings is 1. The second kappa shape index (κ2) is 6.83. The van der Waals surface area contributed by atoms with Crippen molar-refractivity contribution in [2.24, 2.45) is 5.10 Å². The number of nitrogens with zero attached hydrogens (tertiary/aromatic N) is 2. The Balaban J connectivity index is 1.68. The Kier molecular flexibility index (Phi) is 4.52. The molecule has 0 bridgehead atoms. The minimum Gasteiger partial charge on any atom is -0.267 e. The summed E-state index contributed by atoms with van der Waals surface area (Å²) in [7, 11) is 0. The first kappa shape index (κ1) is 17.2. The number of thiophene rings is 1. The van der Waals surface area contributed by atoms with Gasteiger partial charge in [0.05, 0.1) is 15.4 Å². The van der Waals surface area contributed by atoms with E-state index in [0.29, 0.717) is 31.6 Å². The number of hydrogen-bond acceptors (Lipinski definition) is 5. The summed E-state index contributed by atoms with van der Waals surface area (Å²) in [5.74, 6) is -0.505. The Morgan fingerprint density at radius 3 is 2.77 bits per heavy atom. The van der Waals surface area contributed by atoms with Gasteiger partial charge < -0.3 is 0 Å². The molecule has 1 amide bonds. The number of nitrogens with one attached hydrogen (secondary N) is 2. The molecule has 0 unspecified atom stereocenters. The van der Waals surface area contributed by atoms with E-state index in [1.54, 1.807) is 24.3 Å². The van der Waals surface area contributed by atoms with E-state index in [1.807, 2.05) is 0 Å². The summed E-state index contributed by atoms with van der Waals surface area (Å²) in [5, 5.41) is 11.3. The molecule has 1 aromatic carbocycles. The van der Waals surface area contributed by atoms with Gasteiger partial charge in [-0.2, -0.15) is 10.2 Å². The summed E-state index contributed by atoms with van der Waals surface area (Å²) in [6.45, 7) is 0. The smallest absolute Gasteiger partial charge is 0.267 e. The molecule has 9 heteroatoms. The van der Waals surface area contributed by atoms with Crippen LogP contribution >= 0.6 is 34.5 Å². The van der Waals surface area contributed by atoms with Crippen molar-refractivity contribution in [3.63, 3.8) is 0 Å². The summed E-state index contributed by atoms with van der Waals surface area (Å²) in [5.41, 5.74) is 4.77. The third-order valence-electron chi connectivity index (χ3n) is 4.25. The second-order valence-corrected chi connectivity index (χ2v) is 8.03. The summed E-state index contributed by atoms with van der Waals surface area (Å²) in [4.78, 5) is 24.4. The molecule has 1 aliphatic carbocycles. The zero-order valence-electron chi connectivity index (χ0n) is 13.3. The molecular weight excluding hydrogens is 395 g/mol. The molecule has 0 fully saturated rings. The first-order valence-electron chi connectivity index (χ1n) is 7.87. The molecule has 2 aromatic heterocycles. The summed E-state index contributed by atoms with van der Waals surface area (Å²) >= 11 is 13.8. The number of fused-ring (bicyclic) bond motifs is 2. The van der Waals surface area contributed by atoms with Crippen LogP contribution in [0.1, 0.15) is 34.5 Å². The van der Waals surface area contributed by atoms with Crippen LogP contribution in [0.15, 0.2) is 34.2 Å². The third-order valence-corrected chi connectivity index (χ3v) is 5.94. The van der Waals surface area contributed by atoms with Crippen molar-refractivity contribution in [1.29, 1.82) is 0 Å². The first-order valence-corrected chi connectivity index (χ1v) is 9.45. The predicted octanol–water partition coefficient (Wildman–Crippen LogP) is 3.76. The zero-order chi connectivity index (χ0) is 18.3. The summed E-state index contributed by atoms with van der Waals surface area (Å²) < 4.78 is 1.24. The maximum atomic E-state index is 12.6. The van der Waals surface area contributed by atoms with Crippen LogP contribution in [-0.4, -0.2) is 21.8 Å². The van der Waals surface area contributed by atoms with Crippen molar-refractivity contribution in [1.82, 2.24) is 15.6 Å². The summed E-state index contributed by atoms with van der Waals surface area (Å²) in [6.07, 6.45) is 2.42. The number of carbonyl (C=O) groups is 1. The van der Waals surface area contributed by atoms with Crippen molar-refractivity contribution in [2.45, 2.75) is 19.3 Å². The number of hydrogen-bond donors (Lipinski definition) is 2. The topological polar surface area (TPSA) is 87.2 Å². The van der Waals surface area contributed by atoms with Crippen LogP contribution in [0, 0.1) is 0 Å². The van der Waals surface area contributed by atoms with Gasteiger partial charge in [-0.1, -0.05) is 41.4 Å². The Bertz CT molecular complexity index is 1120. The Hall–Kier alpha value is -2.22. The highest BCUT2D eigenvalue weighted by Crippen LogP contribution is 2.40. The third kappa shape index (κ3) is 2.92. The Morgan fingerprint density at radius 1 is 1.19 bits per heavy atom. The zero-order valence-corrected chi connectivity index (χ0v) is 15.6. The van der Waals surface area contributed by atoms with Crippen LogP contribution in [0.4, 0.5) is 0 Å². The molecule has 6 nitrogen and oxygen atoms in total. The van der Waals surface area contributed by atoms with Gasteiger partial charge in [-0.15, -0.1) is 11.3 Å². The molecule has 2 heterocycles. The number of aromatic nitrogens is 2. The van der Waals surface area contributed by atoms with Gasteiger partial charge >= 0.3 is 0 Å². The monoisotopic (exact) mass is 406 g/mol. The van der Waals surface area contributed by atoms with Gasteiger partial charge in [-0.3, -0.25) is 9.59 Å². The quantitative estimate of drug-likeness (QED) is 0.634. The van der Waals surface area contributed by atoms with Crippen molar-refractivity contribution < 1.29 is 4.79 Å². The van der Waals surface area contributed by atoms with Crippen LogP contribution in [0.25, 0.3) is 10.8 Å². The SMILES string of the molecule is O=C(N/N=C1\CCCc2c(Cl)sc(Cl)c21)c1n[nH]c(=O)c2ccccc12. The molecule has 0 atom stereocenters. The maximum Gasteiger partial charge on any atom is 0.292 e. The van der Waals surface area contributed by atoms with Crippen molar-refractivity contribution >= 4 is 56.9 Å². The average molecular weight is 407 g/mol. The van der Waals surface area contributed by atoms with Gasteiger partial charge in [-0.05, 0) is 30.9 Å². The fraction of sp³-hybridized carbons (Fsp3) is 0.176. The fourth-order valence-electron chi connectivity index (χ4n) is 3.05. The van der Waals surface area contributed by atoms with E-state index in [-0.39, 0.29) is 11.3 Å². The van der Waals surface area contributed by atoms with Gasteiger partial charge in [0.25, 0.3) is 11.5 Å². The number of rotatable bonds is 2. The Labute approximate surface area is 161 Å². The lowest BCUT2D eigenvalue weighted by molar-refractivity contribution is 0.0950. The van der Waals surface area contributed by atoms with Crippen LogP contribution in [0.3, 0.4) is 0 Å². The molecule has 0 radical (unpaired) electrons. The van der Waals surface area contributed by atoms with E-state index in [4.69, 9.17) is 23.2 Å². The van der Waals surface area contributed by atoms with Crippen LogP contribution in [0.2, 0.25) is 8.67 Å². The molecule has 1 aliphatic rings. The van der Waals surface area contributed by atoms with E-state index in [2.05, 4.69) is 20.7 Å². The minimum absolute atomic E-state index is 0.107. The minimum atomic E-state index is -0.505. The standard InChI is InChI=1S/C17H12Cl2N4O2S/c18-14-10-6-3-7-11(12(10)15(19)26-14)20-23-17(25)13-8-4-1-2-5-9(8)16(24)22-21-13/h1-2,4-5H,3,6-7H2,(H,22,24)(H,23,25)/b20-11+. The van der Waals surface area contributed by atoms with E-state index in [9.17, 15) is 9.59 Å². The van der Waals surface area contributed by atoms with Gasteiger partial charge in [0.1, 0.15) is 4.34 Å². The van der Waals surface area contributed by atoms with Gasteiger partial charge in [-0.25, -0.2) is 10.5 Å². The molecule has 0 saturated heterocycles. The number of aromatic amines is 1. The highest BCUT2D eigenvalue weighted by atomic mass is 35.5. The number of halogens is 2. The lowest BCUT2D eigenvalue weighted by Crippen LogP contribution is -2.25. The molecule has 132 valence electrons. The van der Waals surface area contributed by atoms with E-state index < -0.39 is 5.91 Å². The lowest BCUT2D eigenvalue weighted by Gasteiger charge is -2.15. The van der Waals surface area contributed by atoms with Gasteiger partial charge in [0.15, 0.2) is 5.69 Å². The van der Waals surface area contributed by atoms with E-state index in [1.165, 1.54) is 11.3 Å². The first-order chi connectivity index (χ1) is 12.6. The summed E-state index contributed by atoms with van der Waals surface area (Å²) in [6, 6.07) is 6.78. The number of carbonyl (C=O) groups excluding carboxylic acids is 1. The highest BCUT2D eigenvalue weighted by molar-refractivity contribution is 7.20. The predicted molar refractivity (Wildman–Crippen MR) is 104 cm³/mol. The van der Waals surface area contributed by atoms with Gasteiger partial charge in [0.2, 0.25) is 0 Å². The number of H-pyrrole nitrogens is 1. The van der Waals surface area contributed by atoms with Crippen molar-refractivity contribution in [3.8, 4) is 0 Å². The second-order valence-electron chi connectivity index (χ2n) is 5.80. The normalized spacial score (nSPS) is 15.2.